The number of ether oxygens (including phenoxy) is 1. The van der Waals surface area contributed by atoms with Gasteiger partial charge in [-0.15, -0.1) is 0 Å². The maximum absolute atomic E-state index is 11.7. The Morgan fingerprint density at radius 3 is 3.00 bits per heavy atom. The summed E-state index contributed by atoms with van der Waals surface area (Å²) in [7, 11) is 1.60. The van der Waals surface area contributed by atoms with Gasteiger partial charge in [0.2, 0.25) is 5.91 Å². The number of carbonyl (C=O) groups excluding carboxylic acids is 1. The van der Waals surface area contributed by atoms with Crippen molar-refractivity contribution in [3.05, 3.63) is 23.8 Å². The molecule has 0 spiro atoms. The SMILES string of the molecule is CCNC1C(=O)Nc2c(OC)cccc21. The maximum atomic E-state index is 11.7. The van der Waals surface area contributed by atoms with Gasteiger partial charge in [-0.05, 0) is 12.6 Å². The standard InChI is InChI=1S/C11H14N2O2/c1-3-12-10-7-5-4-6-8(15-2)9(7)13-11(10)14/h4-6,10,12H,3H2,1-2H3,(H,13,14). The van der Waals surface area contributed by atoms with E-state index in [9.17, 15) is 4.79 Å². The molecule has 2 N–H and O–H groups in total. The van der Waals surface area contributed by atoms with Crippen LogP contribution in [-0.4, -0.2) is 19.6 Å². The number of nitrogens with one attached hydrogen (secondary N) is 2. The van der Waals surface area contributed by atoms with Crippen LogP contribution < -0.4 is 15.4 Å². The third-order valence-corrected chi connectivity index (χ3v) is 2.51. The lowest BCUT2D eigenvalue weighted by atomic mass is 10.1. The second-order valence-electron chi connectivity index (χ2n) is 3.40. The highest BCUT2D eigenvalue weighted by atomic mass is 16.5. The molecule has 1 unspecified atom stereocenters. The van der Waals surface area contributed by atoms with Gasteiger partial charge in [-0.2, -0.15) is 0 Å². The highest BCUT2D eigenvalue weighted by Gasteiger charge is 2.31. The quantitative estimate of drug-likeness (QED) is 0.783. The first kappa shape index (κ1) is 9.98. The lowest BCUT2D eigenvalue weighted by Crippen LogP contribution is -2.27. The number of hydrogen-bond acceptors (Lipinski definition) is 3. The molecule has 1 aliphatic rings. The Morgan fingerprint density at radius 2 is 2.33 bits per heavy atom. The van der Waals surface area contributed by atoms with E-state index in [1.165, 1.54) is 0 Å². The lowest BCUT2D eigenvalue weighted by molar-refractivity contribution is -0.117. The molecule has 4 nitrogen and oxygen atoms in total. The average Bonchev–Trinajstić information content (AvgIpc) is 2.56. The number of benzene rings is 1. The Balaban J connectivity index is 2.41. The van der Waals surface area contributed by atoms with Crippen LogP contribution in [0.1, 0.15) is 18.5 Å². The minimum Gasteiger partial charge on any atom is -0.495 e. The Hall–Kier alpha value is -1.55. The summed E-state index contributed by atoms with van der Waals surface area (Å²) >= 11 is 0. The summed E-state index contributed by atoms with van der Waals surface area (Å²) in [4.78, 5) is 11.7. The van der Waals surface area contributed by atoms with Crippen molar-refractivity contribution in [3.63, 3.8) is 0 Å². The van der Waals surface area contributed by atoms with E-state index in [0.29, 0.717) is 5.75 Å². The van der Waals surface area contributed by atoms with Gasteiger partial charge in [-0.25, -0.2) is 0 Å². The fourth-order valence-corrected chi connectivity index (χ4v) is 1.84. The van der Waals surface area contributed by atoms with E-state index < -0.39 is 0 Å². The highest BCUT2D eigenvalue weighted by Crippen LogP contribution is 2.37. The monoisotopic (exact) mass is 206 g/mol. The minimum atomic E-state index is -0.250. The van der Waals surface area contributed by atoms with Crippen molar-refractivity contribution >= 4 is 11.6 Å². The summed E-state index contributed by atoms with van der Waals surface area (Å²) in [5.41, 5.74) is 1.75. The van der Waals surface area contributed by atoms with Crippen molar-refractivity contribution in [2.24, 2.45) is 0 Å². The van der Waals surface area contributed by atoms with E-state index in [2.05, 4.69) is 10.6 Å². The Bertz CT molecular complexity index is 390. The van der Waals surface area contributed by atoms with Crippen molar-refractivity contribution in [3.8, 4) is 5.75 Å². The number of anilines is 1. The van der Waals surface area contributed by atoms with Crippen LogP contribution >= 0.6 is 0 Å². The molecule has 1 aliphatic heterocycles. The molecule has 0 bridgehead atoms. The molecule has 2 rings (SSSR count). The number of hydrogen-bond donors (Lipinski definition) is 2. The first-order valence-electron chi connectivity index (χ1n) is 4.99. The van der Waals surface area contributed by atoms with Crippen LogP contribution in [0.25, 0.3) is 0 Å². The van der Waals surface area contributed by atoms with Crippen LogP contribution in [0, 0.1) is 0 Å². The molecule has 80 valence electrons. The molecule has 1 atom stereocenters. The molecule has 1 heterocycles. The van der Waals surface area contributed by atoms with Crippen LogP contribution in [-0.2, 0) is 4.79 Å². The molecule has 0 aromatic heterocycles. The summed E-state index contributed by atoms with van der Waals surface area (Å²) in [5.74, 6) is 0.692. The molecule has 1 aromatic carbocycles. The predicted octanol–water partition coefficient (Wildman–Crippen LogP) is 1.30. The van der Waals surface area contributed by atoms with Crippen molar-refractivity contribution in [1.29, 1.82) is 0 Å². The predicted molar refractivity (Wildman–Crippen MR) is 58.0 cm³/mol. The van der Waals surface area contributed by atoms with E-state index in [-0.39, 0.29) is 11.9 Å². The van der Waals surface area contributed by atoms with Crippen molar-refractivity contribution in [2.45, 2.75) is 13.0 Å². The number of rotatable bonds is 3. The van der Waals surface area contributed by atoms with E-state index in [4.69, 9.17) is 4.74 Å². The molecular formula is C11H14N2O2. The van der Waals surface area contributed by atoms with Gasteiger partial charge < -0.3 is 15.4 Å². The zero-order valence-corrected chi connectivity index (χ0v) is 8.83. The van der Waals surface area contributed by atoms with E-state index in [1.807, 2.05) is 25.1 Å². The number of fused-ring (bicyclic) bond motifs is 1. The first-order chi connectivity index (χ1) is 7.27. The van der Waals surface area contributed by atoms with Gasteiger partial charge in [0.25, 0.3) is 0 Å². The zero-order valence-electron chi connectivity index (χ0n) is 8.83. The summed E-state index contributed by atoms with van der Waals surface area (Å²) < 4.78 is 5.19. The fourth-order valence-electron chi connectivity index (χ4n) is 1.84. The third-order valence-electron chi connectivity index (χ3n) is 2.51. The van der Waals surface area contributed by atoms with E-state index in [0.717, 1.165) is 17.8 Å². The molecule has 1 amide bonds. The second kappa shape index (κ2) is 3.90. The summed E-state index contributed by atoms with van der Waals surface area (Å²) in [6.45, 7) is 2.74. The van der Waals surface area contributed by atoms with E-state index in [1.54, 1.807) is 7.11 Å². The fraction of sp³-hybridized carbons (Fsp3) is 0.364. The number of carbonyl (C=O) groups is 1. The van der Waals surface area contributed by atoms with Gasteiger partial charge in [0, 0.05) is 5.56 Å². The van der Waals surface area contributed by atoms with Gasteiger partial charge >= 0.3 is 0 Å². The van der Waals surface area contributed by atoms with Crippen molar-refractivity contribution in [1.82, 2.24) is 5.32 Å². The number of para-hydroxylation sites is 1. The van der Waals surface area contributed by atoms with Crippen LogP contribution in [0.2, 0.25) is 0 Å². The summed E-state index contributed by atoms with van der Waals surface area (Å²) in [6.07, 6.45) is 0. The van der Waals surface area contributed by atoms with Crippen molar-refractivity contribution in [2.75, 3.05) is 19.0 Å². The first-order valence-corrected chi connectivity index (χ1v) is 4.99. The normalized spacial score (nSPS) is 18.5. The maximum Gasteiger partial charge on any atom is 0.246 e. The molecular weight excluding hydrogens is 192 g/mol. The molecule has 0 aliphatic carbocycles. The van der Waals surface area contributed by atoms with Gasteiger partial charge in [0.1, 0.15) is 11.8 Å². The molecule has 0 saturated carbocycles. The van der Waals surface area contributed by atoms with Crippen LogP contribution in [0.3, 0.4) is 0 Å². The second-order valence-corrected chi connectivity index (χ2v) is 3.40. The molecule has 1 aromatic rings. The van der Waals surface area contributed by atoms with Crippen LogP contribution in [0.5, 0.6) is 5.75 Å². The van der Waals surface area contributed by atoms with Crippen molar-refractivity contribution < 1.29 is 9.53 Å². The van der Waals surface area contributed by atoms with Gasteiger partial charge in [0.15, 0.2) is 0 Å². The Kier molecular flexibility index (Phi) is 2.60. The summed E-state index contributed by atoms with van der Waals surface area (Å²) in [5, 5.41) is 5.96. The highest BCUT2D eigenvalue weighted by molar-refractivity contribution is 6.04. The smallest absolute Gasteiger partial charge is 0.246 e. The van der Waals surface area contributed by atoms with Gasteiger partial charge in [-0.3, -0.25) is 4.79 Å². The topological polar surface area (TPSA) is 50.4 Å². The van der Waals surface area contributed by atoms with Crippen LogP contribution in [0.15, 0.2) is 18.2 Å². The average molecular weight is 206 g/mol. The molecule has 4 heteroatoms. The Labute approximate surface area is 88.6 Å². The minimum absolute atomic E-state index is 0.0173. The largest absolute Gasteiger partial charge is 0.495 e. The van der Waals surface area contributed by atoms with Gasteiger partial charge in [-0.1, -0.05) is 19.1 Å². The zero-order chi connectivity index (χ0) is 10.8. The van der Waals surface area contributed by atoms with E-state index >= 15 is 0 Å². The number of methoxy groups -OCH3 is 1. The summed E-state index contributed by atoms with van der Waals surface area (Å²) in [6, 6.07) is 5.42. The lowest BCUT2D eigenvalue weighted by Gasteiger charge is -2.09. The molecule has 0 radical (unpaired) electrons. The molecule has 0 fully saturated rings. The van der Waals surface area contributed by atoms with Gasteiger partial charge in [0.05, 0.1) is 12.8 Å². The number of likely N-dealkylation sites (N-methyl/N-ethyl adjacent to an activating group) is 1. The number of amides is 1. The molecule has 0 saturated heterocycles. The third kappa shape index (κ3) is 1.57. The van der Waals surface area contributed by atoms with Crippen LogP contribution in [0.4, 0.5) is 5.69 Å². The Morgan fingerprint density at radius 1 is 1.53 bits per heavy atom. The molecule has 15 heavy (non-hydrogen) atoms.